The summed E-state index contributed by atoms with van der Waals surface area (Å²) in [5.41, 5.74) is 0.602. The van der Waals surface area contributed by atoms with E-state index >= 15 is 0 Å². The van der Waals surface area contributed by atoms with Gasteiger partial charge < -0.3 is 41.2 Å². The maximum absolute atomic E-state index is 13.0. The Kier molecular flexibility index (Phi) is 8.76. The smallest absolute Gasteiger partial charge is 0.361 e. The minimum atomic E-state index is -0.194. The van der Waals surface area contributed by atoms with E-state index in [9.17, 15) is 9.59 Å². The van der Waals surface area contributed by atoms with E-state index in [0.717, 1.165) is 28.8 Å². The Balaban J connectivity index is 0.00000341. The lowest BCUT2D eigenvalue weighted by Gasteiger charge is -2.31. The maximum atomic E-state index is 13.0. The number of carbonyl (C=O) groups excluding carboxylic acids is 2. The first-order chi connectivity index (χ1) is 14.5. The lowest BCUT2D eigenvalue weighted by molar-refractivity contribution is -0.896. The van der Waals surface area contributed by atoms with Crippen LogP contribution >= 0.6 is 0 Å². The van der Waals surface area contributed by atoms with Gasteiger partial charge in [0.2, 0.25) is 5.75 Å². The minimum absolute atomic E-state index is 0. The molecule has 0 atom stereocenters. The Bertz CT molecular complexity index is 928. The van der Waals surface area contributed by atoms with Crippen LogP contribution in [0.15, 0.2) is 24.3 Å². The molecule has 0 radical (unpaired) electrons. The van der Waals surface area contributed by atoms with Crippen molar-refractivity contribution in [1.82, 2.24) is 4.90 Å². The molecule has 0 aliphatic carbocycles. The Morgan fingerprint density at radius 3 is 2.26 bits per heavy atom. The van der Waals surface area contributed by atoms with Crippen molar-refractivity contribution >= 4 is 22.6 Å². The van der Waals surface area contributed by atoms with Gasteiger partial charge in [0.1, 0.15) is 0 Å². The maximum Gasteiger partial charge on any atom is 0.361 e. The van der Waals surface area contributed by atoms with Gasteiger partial charge in [-0.25, -0.2) is 4.79 Å². The topological polar surface area (TPSA) is 78.7 Å². The zero-order valence-electron chi connectivity index (χ0n) is 18.3. The molecule has 3 rings (SSSR count). The fourth-order valence-corrected chi connectivity index (χ4v) is 3.81. The molecule has 1 fully saturated rings. The van der Waals surface area contributed by atoms with Gasteiger partial charge in [0, 0.05) is 10.9 Å². The second-order valence-corrected chi connectivity index (χ2v) is 7.11. The van der Waals surface area contributed by atoms with Crippen LogP contribution in [0.3, 0.4) is 0 Å². The summed E-state index contributed by atoms with van der Waals surface area (Å²) in [6.07, 6.45) is 0. The molecule has 0 unspecified atom stereocenters. The molecule has 0 aromatic heterocycles. The average molecular weight is 453 g/mol. The van der Waals surface area contributed by atoms with E-state index in [1.165, 1.54) is 0 Å². The molecule has 1 N–H and O–H groups in total. The van der Waals surface area contributed by atoms with Crippen LogP contribution in [0.5, 0.6) is 17.2 Å². The van der Waals surface area contributed by atoms with Crippen molar-refractivity contribution in [3.05, 3.63) is 29.8 Å². The highest BCUT2D eigenvalue weighted by atomic mass is 35.5. The monoisotopic (exact) mass is 452 g/mol. The third-order valence-electron chi connectivity index (χ3n) is 5.35. The number of ether oxygens (including phenoxy) is 4. The first kappa shape index (κ1) is 24.6. The molecular weight excluding hydrogens is 424 g/mol. The summed E-state index contributed by atoms with van der Waals surface area (Å²) in [4.78, 5) is 27.7. The Morgan fingerprint density at radius 1 is 1.00 bits per heavy atom. The summed E-state index contributed by atoms with van der Waals surface area (Å²) in [5.74, 6) is 1.41. The number of methoxy groups -OCH3 is 3. The van der Waals surface area contributed by atoms with Gasteiger partial charge in [-0.2, -0.15) is 0 Å². The lowest BCUT2D eigenvalue weighted by atomic mass is 10.0. The third-order valence-corrected chi connectivity index (χ3v) is 5.35. The van der Waals surface area contributed by atoms with E-state index in [-0.39, 0.29) is 24.3 Å². The fourth-order valence-electron chi connectivity index (χ4n) is 3.81. The molecule has 1 saturated heterocycles. The first-order valence-electron chi connectivity index (χ1n) is 10.0. The lowest BCUT2D eigenvalue weighted by Crippen LogP contribution is -3.15. The van der Waals surface area contributed by atoms with Crippen molar-refractivity contribution in [2.75, 3.05) is 60.7 Å². The predicted molar refractivity (Wildman–Crippen MR) is 112 cm³/mol. The molecule has 170 valence electrons. The zero-order valence-corrected chi connectivity index (χ0v) is 19.1. The summed E-state index contributed by atoms with van der Waals surface area (Å²) >= 11 is 0. The highest BCUT2D eigenvalue weighted by Gasteiger charge is 2.27. The van der Waals surface area contributed by atoms with E-state index in [1.807, 2.05) is 23.1 Å². The molecule has 2 aromatic rings. The van der Waals surface area contributed by atoms with Gasteiger partial charge in [0.15, 0.2) is 18.0 Å². The van der Waals surface area contributed by atoms with E-state index in [4.69, 9.17) is 18.9 Å². The van der Waals surface area contributed by atoms with Crippen LogP contribution in [0.4, 0.5) is 0 Å². The van der Waals surface area contributed by atoms with Gasteiger partial charge in [-0.15, -0.1) is 0 Å². The number of esters is 1. The number of fused-ring (bicyclic) bond motifs is 1. The van der Waals surface area contributed by atoms with Crippen LogP contribution < -0.4 is 31.5 Å². The zero-order chi connectivity index (χ0) is 21.7. The molecule has 2 aromatic carbocycles. The molecule has 0 spiro atoms. The van der Waals surface area contributed by atoms with Crippen molar-refractivity contribution in [2.24, 2.45) is 0 Å². The van der Waals surface area contributed by atoms with Crippen LogP contribution in [0.2, 0.25) is 0 Å². The number of hydrogen-bond donors (Lipinski definition) is 1. The highest BCUT2D eigenvalue weighted by Crippen LogP contribution is 2.43. The molecule has 8 nitrogen and oxygen atoms in total. The van der Waals surface area contributed by atoms with Crippen LogP contribution in [0.25, 0.3) is 10.8 Å². The SMILES string of the molecule is CCOC(=O)C[NH+]1CCN(C(=O)c2ccc3c(OC)c(OC)c(OC)cc3c2)CC1.[Cl-]. The van der Waals surface area contributed by atoms with E-state index in [2.05, 4.69) is 0 Å². The number of nitrogens with one attached hydrogen (secondary N) is 1. The summed E-state index contributed by atoms with van der Waals surface area (Å²) < 4.78 is 21.4. The number of benzene rings is 2. The molecule has 9 heteroatoms. The number of nitrogens with zero attached hydrogens (tertiary/aromatic N) is 1. The van der Waals surface area contributed by atoms with Gasteiger partial charge in [-0.05, 0) is 36.6 Å². The number of amides is 1. The van der Waals surface area contributed by atoms with Gasteiger partial charge in [-0.3, -0.25) is 4.79 Å². The predicted octanol–water partition coefficient (Wildman–Crippen LogP) is -2.23. The standard InChI is InChI=1S/C22H28N2O6.ClH/c1-5-30-19(25)14-23-8-10-24(11-9-23)22(26)15-6-7-17-16(12-15)13-18(27-2)21(29-4)20(17)28-3;/h6-7,12-13H,5,8-11,14H2,1-4H3;1H. The van der Waals surface area contributed by atoms with Crippen LogP contribution in [0, 0.1) is 0 Å². The third kappa shape index (κ3) is 5.32. The minimum Gasteiger partial charge on any atom is -1.00 e. The average Bonchev–Trinajstić information content (AvgIpc) is 2.77. The quantitative estimate of drug-likeness (QED) is 0.479. The molecule has 1 amide bonds. The van der Waals surface area contributed by atoms with Crippen LogP contribution in [-0.2, 0) is 9.53 Å². The summed E-state index contributed by atoms with van der Waals surface area (Å²) in [7, 11) is 4.71. The molecule has 1 aliphatic rings. The van der Waals surface area contributed by atoms with Gasteiger partial charge >= 0.3 is 5.97 Å². The fraction of sp³-hybridized carbons (Fsp3) is 0.455. The van der Waals surface area contributed by atoms with Crippen LogP contribution in [-0.4, -0.2) is 77.4 Å². The van der Waals surface area contributed by atoms with Gasteiger partial charge in [-0.1, -0.05) is 0 Å². The normalized spacial score (nSPS) is 14.0. The number of halogens is 1. The Labute approximate surface area is 188 Å². The summed E-state index contributed by atoms with van der Waals surface area (Å²) in [6.45, 7) is 5.16. The van der Waals surface area contributed by atoms with Crippen molar-refractivity contribution in [3.63, 3.8) is 0 Å². The van der Waals surface area contributed by atoms with Gasteiger partial charge in [0.25, 0.3) is 5.91 Å². The largest absolute Gasteiger partial charge is 1.00 e. The second kappa shape index (κ2) is 11.1. The molecule has 0 bridgehead atoms. The summed E-state index contributed by atoms with van der Waals surface area (Å²) in [5, 5.41) is 1.68. The number of rotatable bonds is 7. The molecule has 1 aliphatic heterocycles. The number of quaternary nitrogens is 1. The number of carbonyl (C=O) groups is 2. The first-order valence-corrected chi connectivity index (χ1v) is 10.0. The number of piperazine rings is 1. The highest BCUT2D eigenvalue weighted by molar-refractivity contribution is 6.01. The van der Waals surface area contributed by atoms with E-state index < -0.39 is 0 Å². The van der Waals surface area contributed by atoms with Crippen LogP contribution in [0.1, 0.15) is 17.3 Å². The van der Waals surface area contributed by atoms with Gasteiger partial charge in [0.05, 0.1) is 54.1 Å². The summed E-state index contributed by atoms with van der Waals surface area (Å²) in [6, 6.07) is 7.36. The molecule has 1 heterocycles. The van der Waals surface area contributed by atoms with E-state index in [1.54, 1.807) is 34.3 Å². The molecular formula is C22H29ClN2O6. The van der Waals surface area contributed by atoms with Crippen molar-refractivity contribution in [2.45, 2.75) is 6.92 Å². The number of hydrogen-bond acceptors (Lipinski definition) is 6. The molecule has 0 saturated carbocycles. The Morgan fingerprint density at radius 2 is 1.68 bits per heavy atom. The van der Waals surface area contributed by atoms with Crippen molar-refractivity contribution in [1.29, 1.82) is 0 Å². The van der Waals surface area contributed by atoms with E-state index in [0.29, 0.717) is 49.1 Å². The van der Waals surface area contributed by atoms with Crippen molar-refractivity contribution in [3.8, 4) is 17.2 Å². The second-order valence-electron chi connectivity index (χ2n) is 7.11. The Hall–Kier alpha value is -2.71. The van der Waals surface area contributed by atoms with Crippen molar-refractivity contribution < 1.29 is 45.8 Å². The molecule has 31 heavy (non-hydrogen) atoms.